The number of hydrogen-bond donors (Lipinski definition) is 1. The molecule has 1 aliphatic heterocycles. The van der Waals surface area contributed by atoms with Crippen molar-refractivity contribution < 1.29 is 4.39 Å². The highest BCUT2D eigenvalue weighted by atomic mass is 19.1. The minimum absolute atomic E-state index is 0.219. The van der Waals surface area contributed by atoms with Gasteiger partial charge < -0.3 is 10.6 Å². The molecule has 0 radical (unpaired) electrons. The first kappa shape index (κ1) is 12.2. The van der Waals surface area contributed by atoms with Crippen LogP contribution in [0.3, 0.4) is 0 Å². The summed E-state index contributed by atoms with van der Waals surface area (Å²) in [7, 11) is 0. The topological polar surface area (TPSA) is 55.0 Å². The van der Waals surface area contributed by atoms with Crippen molar-refractivity contribution in [2.75, 3.05) is 11.4 Å². The fourth-order valence-corrected chi connectivity index (χ4v) is 2.37. The van der Waals surface area contributed by atoms with Gasteiger partial charge in [0.15, 0.2) is 11.6 Å². The molecule has 5 heteroatoms. The average molecular weight is 238 g/mol. The summed E-state index contributed by atoms with van der Waals surface area (Å²) in [6, 6.07) is 0.449. The smallest absolute Gasteiger partial charge is 0.187 e. The number of nitrogens with two attached hydrogens (primary N) is 1. The van der Waals surface area contributed by atoms with E-state index >= 15 is 0 Å². The Bertz CT molecular complexity index is 396. The van der Waals surface area contributed by atoms with Crippen LogP contribution in [0.5, 0.6) is 0 Å². The summed E-state index contributed by atoms with van der Waals surface area (Å²) in [6.45, 7) is 4.72. The van der Waals surface area contributed by atoms with Crippen molar-refractivity contribution >= 4 is 5.82 Å². The molecule has 2 unspecified atom stereocenters. The molecule has 94 valence electrons. The summed E-state index contributed by atoms with van der Waals surface area (Å²) in [4.78, 5) is 10.0. The lowest BCUT2D eigenvalue weighted by atomic mass is 9.99. The standard InChI is InChI=1S/C12H19FN4/c1-3-10-11(13)12(16-7-15-10)17-5-4-9(14)6-8(17)2/h7-9H,3-6,14H2,1-2H3. The molecule has 0 bridgehead atoms. The Kier molecular flexibility index (Phi) is 3.57. The lowest BCUT2D eigenvalue weighted by Gasteiger charge is -2.37. The Balaban J connectivity index is 2.28. The van der Waals surface area contributed by atoms with Gasteiger partial charge in [0.2, 0.25) is 0 Å². The highest BCUT2D eigenvalue weighted by Crippen LogP contribution is 2.25. The molecular weight excluding hydrogens is 219 g/mol. The highest BCUT2D eigenvalue weighted by molar-refractivity contribution is 5.42. The maximum Gasteiger partial charge on any atom is 0.187 e. The molecule has 2 heterocycles. The molecule has 0 aliphatic carbocycles. The van der Waals surface area contributed by atoms with E-state index in [-0.39, 0.29) is 17.9 Å². The molecule has 1 fully saturated rings. The lowest BCUT2D eigenvalue weighted by molar-refractivity contribution is 0.420. The molecule has 0 amide bonds. The molecule has 1 aromatic heterocycles. The maximum absolute atomic E-state index is 14.1. The molecule has 17 heavy (non-hydrogen) atoms. The van der Waals surface area contributed by atoms with Crippen molar-refractivity contribution in [1.82, 2.24) is 9.97 Å². The summed E-state index contributed by atoms with van der Waals surface area (Å²) in [5.41, 5.74) is 6.39. The van der Waals surface area contributed by atoms with Crippen LogP contribution in [0, 0.1) is 5.82 Å². The van der Waals surface area contributed by atoms with Crippen LogP contribution in [0.1, 0.15) is 32.4 Å². The Hall–Kier alpha value is -1.23. The highest BCUT2D eigenvalue weighted by Gasteiger charge is 2.27. The van der Waals surface area contributed by atoms with Crippen molar-refractivity contribution in [3.63, 3.8) is 0 Å². The molecule has 2 rings (SSSR count). The number of rotatable bonds is 2. The summed E-state index contributed by atoms with van der Waals surface area (Å²) >= 11 is 0. The van der Waals surface area contributed by atoms with Crippen molar-refractivity contribution in [3.05, 3.63) is 17.8 Å². The molecule has 0 spiro atoms. The predicted molar refractivity (Wildman–Crippen MR) is 65.4 cm³/mol. The van der Waals surface area contributed by atoms with E-state index < -0.39 is 0 Å². The van der Waals surface area contributed by atoms with Crippen molar-refractivity contribution in [3.8, 4) is 0 Å². The normalized spacial score (nSPS) is 25.1. The molecule has 4 nitrogen and oxygen atoms in total. The third-order valence-corrected chi connectivity index (χ3v) is 3.37. The van der Waals surface area contributed by atoms with Crippen LogP contribution in [-0.4, -0.2) is 28.6 Å². The average Bonchev–Trinajstić information content (AvgIpc) is 2.30. The second-order valence-corrected chi connectivity index (χ2v) is 4.64. The third-order valence-electron chi connectivity index (χ3n) is 3.37. The van der Waals surface area contributed by atoms with E-state index in [1.807, 2.05) is 11.8 Å². The number of nitrogens with zero attached hydrogens (tertiary/aromatic N) is 3. The molecule has 2 N–H and O–H groups in total. The zero-order valence-electron chi connectivity index (χ0n) is 10.4. The van der Waals surface area contributed by atoms with Gasteiger partial charge in [0.05, 0.1) is 5.69 Å². The predicted octanol–water partition coefficient (Wildman–Crippen LogP) is 1.49. The fraction of sp³-hybridized carbons (Fsp3) is 0.667. The summed E-state index contributed by atoms with van der Waals surface area (Å²) in [6.07, 6.45) is 3.79. The number of aromatic nitrogens is 2. The van der Waals surface area contributed by atoms with Crippen LogP contribution < -0.4 is 10.6 Å². The van der Waals surface area contributed by atoms with Crippen LogP contribution >= 0.6 is 0 Å². The number of halogens is 1. The van der Waals surface area contributed by atoms with Gasteiger partial charge in [0, 0.05) is 18.6 Å². The van der Waals surface area contributed by atoms with Crippen molar-refractivity contribution in [2.24, 2.45) is 5.73 Å². The quantitative estimate of drug-likeness (QED) is 0.848. The van der Waals surface area contributed by atoms with Gasteiger partial charge in [-0.15, -0.1) is 0 Å². The number of piperidine rings is 1. The summed E-state index contributed by atoms with van der Waals surface area (Å²) < 4.78 is 14.1. The van der Waals surface area contributed by atoms with Crippen LogP contribution in [0.4, 0.5) is 10.2 Å². The SMILES string of the molecule is CCc1ncnc(N2CCC(N)CC2C)c1F. The molecule has 1 aliphatic rings. The summed E-state index contributed by atoms with van der Waals surface area (Å²) in [5, 5.41) is 0. The summed E-state index contributed by atoms with van der Waals surface area (Å²) in [5.74, 6) is 0.147. The molecular formula is C12H19FN4. The van der Waals surface area contributed by atoms with Gasteiger partial charge in [0.1, 0.15) is 6.33 Å². The monoisotopic (exact) mass is 238 g/mol. The van der Waals surface area contributed by atoms with Crippen LogP contribution in [0.15, 0.2) is 6.33 Å². The Morgan fingerprint density at radius 2 is 2.29 bits per heavy atom. The molecule has 0 saturated carbocycles. The number of anilines is 1. The van der Waals surface area contributed by atoms with E-state index in [1.54, 1.807) is 0 Å². The maximum atomic E-state index is 14.1. The van der Waals surface area contributed by atoms with E-state index in [1.165, 1.54) is 6.33 Å². The van der Waals surface area contributed by atoms with Gasteiger partial charge in [-0.25, -0.2) is 14.4 Å². The fourth-order valence-electron chi connectivity index (χ4n) is 2.37. The van der Waals surface area contributed by atoms with Crippen LogP contribution in [0.2, 0.25) is 0 Å². The van der Waals surface area contributed by atoms with Gasteiger partial charge in [-0.3, -0.25) is 0 Å². The van der Waals surface area contributed by atoms with E-state index in [2.05, 4.69) is 16.9 Å². The van der Waals surface area contributed by atoms with E-state index in [4.69, 9.17) is 5.73 Å². The first-order chi connectivity index (χ1) is 8.13. The van der Waals surface area contributed by atoms with Crippen molar-refractivity contribution in [1.29, 1.82) is 0 Å². The van der Waals surface area contributed by atoms with Gasteiger partial charge in [-0.05, 0) is 26.2 Å². The van der Waals surface area contributed by atoms with E-state index in [9.17, 15) is 4.39 Å². The Labute approximate surface area is 101 Å². The van der Waals surface area contributed by atoms with E-state index in [0.717, 1.165) is 19.4 Å². The second-order valence-electron chi connectivity index (χ2n) is 4.64. The van der Waals surface area contributed by atoms with Crippen LogP contribution in [0.25, 0.3) is 0 Å². The first-order valence-electron chi connectivity index (χ1n) is 6.15. The Morgan fingerprint density at radius 3 is 2.94 bits per heavy atom. The van der Waals surface area contributed by atoms with Gasteiger partial charge >= 0.3 is 0 Å². The van der Waals surface area contributed by atoms with E-state index in [0.29, 0.717) is 17.9 Å². The molecule has 2 atom stereocenters. The largest absolute Gasteiger partial charge is 0.351 e. The lowest BCUT2D eigenvalue weighted by Crippen LogP contribution is -2.46. The zero-order chi connectivity index (χ0) is 12.4. The molecule has 0 aromatic carbocycles. The third kappa shape index (κ3) is 2.39. The second kappa shape index (κ2) is 4.96. The zero-order valence-corrected chi connectivity index (χ0v) is 10.4. The Morgan fingerprint density at radius 1 is 1.53 bits per heavy atom. The van der Waals surface area contributed by atoms with Crippen LogP contribution in [-0.2, 0) is 6.42 Å². The number of aryl methyl sites for hydroxylation is 1. The minimum Gasteiger partial charge on any atom is -0.351 e. The van der Waals surface area contributed by atoms with Crippen molar-refractivity contribution in [2.45, 2.75) is 45.2 Å². The van der Waals surface area contributed by atoms with Gasteiger partial charge in [-0.1, -0.05) is 6.92 Å². The minimum atomic E-state index is -0.280. The molecule has 1 aromatic rings. The van der Waals surface area contributed by atoms with Gasteiger partial charge in [-0.2, -0.15) is 0 Å². The molecule has 1 saturated heterocycles. The number of hydrogen-bond acceptors (Lipinski definition) is 4. The van der Waals surface area contributed by atoms with Gasteiger partial charge in [0.25, 0.3) is 0 Å². The first-order valence-corrected chi connectivity index (χ1v) is 6.15.